The minimum absolute atomic E-state index is 0.0240. The number of nitro benzene ring substituents is 1. The molecule has 0 aliphatic carbocycles. The summed E-state index contributed by atoms with van der Waals surface area (Å²) in [4.78, 5) is 56.1. The first-order valence-electron chi connectivity index (χ1n) is 9.90. The van der Waals surface area contributed by atoms with Gasteiger partial charge in [-0.2, -0.15) is 0 Å². The maximum atomic E-state index is 12.3. The Hall–Kier alpha value is -3.43. The molecule has 0 aliphatic heterocycles. The van der Waals surface area contributed by atoms with E-state index in [0.29, 0.717) is 5.75 Å². The topological polar surface area (TPSA) is 231 Å². The van der Waals surface area contributed by atoms with Crippen LogP contribution in [0.1, 0.15) is 12.8 Å². The average Bonchev–Trinajstić information content (AvgIpc) is 2.80. The number of nitrogens with zero attached hydrogens (tertiary/aromatic N) is 1. The maximum absolute atomic E-state index is 12.3. The third-order valence-electron chi connectivity index (χ3n) is 4.25. The third kappa shape index (κ3) is 10.9. The van der Waals surface area contributed by atoms with Crippen molar-refractivity contribution in [1.29, 1.82) is 0 Å². The molecule has 1 rings (SSSR count). The van der Waals surface area contributed by atoms with Gasteiger partial charge in [-0.3, -0.25) is 29.3 Å². The van der Waals surface area contributed by atoms with Crippen molar-refractivity contribution in [3.63, 3.8) is 0 Å². The molecule has 34 heavy (non-hydrogen) atoms. The molecule has 2 amide bonds. The molecular formula is C19H26N4O10S. The van der Waals surface area contributed by atoms with E-state index in [1.165, 1.54) is 24.3 Å². The number of ether oxygens (including phenoxy) is 1. The Bertz CT molecular complexity index is 867. The Balaban J connectivity index is 2.68. The normalized spacial score (nSPS) is 13.2. The molecule has 1 aromatic carbocycles. The molecule has 0 radical (unpaired) electrons. The third-order valence-corrected chi connectivity index (χ3v) is 5.53. The van der Waals surface area contributed by atoms with E-state index < -0.39 is 52.6 Å². The van der Waals surface area contributed by atoms with E-state index in [2.05, 4.69) is 10.6 Å². The molecule has 0 fully saturated rings. The lowest BCUT2D eigenvalue weighted by molar-refractivity contribution is -0.384. The number of nitrogens with one attached hydrogen (secondary N) is 2. The second-order valence-corrected chi connectivity index (χ2v) is 8.25. The van der Waals surface area contributed by atoms with Crippen LogP contribution >= 0.6 is 11.8 Å². The highest BCUT2D eigenvalue weighted by molar-refractivity contribution is 8.00. The number of carboxylic acids is 2. The summed E-state index contributed by atoms with van der Waals surface area (Å²) in [6.07, 6.45) is -0.437. The van der Waals surface area contributed by atoms with E-state index in [-0.39, 0.29) is 37.5 Å². The van der Waals surface area contributed by atoms with Gasteiger partial charge in [-0.1, -0.05) is 0 Å². The molecule has 15 heteroatoms. The van der Waals surface area contributed by atoms with Crippen molar-refractivity contribution in [3.8, 4) is 5.75 Å². The summed E-state index contributed by atoms with van der Waals surface area (Å²) in [5.41, 5.74) is 5.24. The largest absolute Gasteiger partial charge is 0.492 e. The number of carboxylic acid groups (broad SMARTS) is 2. The Morgan fingerprint density at radius 1 is 1.18 bits per heavy atom. The molecule has 0 unspecified atom stereocenters. The highest BCUT2D eigenvalue weighted by Gasteiger charge is 2.24. The van der Waals surface area contributed by atoms with Crippen molar-refractivity contribution in [2.24, 2.45) is 5.73 Å². The van der Waals surface area contributed by atoms with Gasteiger partial charge in [0, 0.05) is 24.3 Å². The highest BCUT2D eigenvalue weighted by atomic mass is 32.2. The monoisotopic (exact) mass is 502 g/mol. The summed E-state index contributed by atoms with van der Waals surface area (Å²) in [5.74, 6) is -3.74. The van der Waals surface area contributed by atoms with Crippen LogP contribution in [0, 0.1) is 10.1 Å². The van der Waals surface area contributed by atoms with Crippen molar-refractivity contribution in [3.05, 3.63) is 34.4 Å². The predicted molar refractivity (Wildman–Crippen MR) is 119 cm³/mol. The van der Waals surface area contributed by atoms with E-state index in [1.54, 1.807) is 0 Å². The van der Waals surface area contributed by atoms with Crippen molar-refractivity contribution in [1.82, 2.24) is 10.6 Å². The van der Waals surface area contributed by atoms with Gasteiger partial charge in [-0.25, -0.2) is 0 Å². The molecule has 0 saturated heterocycles. The molecule has 0 aromatic heterocycles. The number of hydrogen-bond acceptors (Lipinski definition) is 10. The Labute approximate surface area is 198 Å². The van der Waals surface area contributed by atoms with Crippen LogP contribution in [0.25, 0.3) is 0 Å². The second kappa shape index (κ2) is 14.7. The van der Waals surface area contributed by atoms with E-state index in [9.17, 15) is 34.4 Å². The fraction of sp³-hybridized carbons (Fsp3) is 0.474. The zero-order valence-corrected chi connectivity index (χ0v) is 18.7. The maximum Gasteiger partial charge on any atom is 0.322 e. The fourth-order valence-electron chi connectivity index (χ4n) is 2.38. The molecule has 0 saturated carbocycles. The Morgan fingerprint density at radius 2 is 1.82 bits per heavy atom. The SMILES string of the molecule is N[C@@H](CCC(=O)N[C@@H](CS[C@H](CO)COc1ccc([N+](=O)[O-])cc1)C(=O)NCC(=O)O)C(=O)O. The van der Waals surface area contributed by atoms with Crippen molar-refractivity contribution < 1.29 is 44.2 Å². The summed E-state index contributed by atoms with van der Waals surface area (Å²) >= 11 is 1.07. The number of rotatable bonds is 16. The summed E-state index contributed by atoms with van der Waals surface area (Å²) < 4.78 is 5.50. The summed E-state index contributed by atoms with van der Waals surface area (Å²) in [6.45, 7) is -1.06. The van der Waals surface area contributed by atoms with Crippen LogP contribution in [-0.4, -0.2) is 86.8 Å². The number of amides is 2. The van der Waals surface area contributed by atoms with Crippen molar-refractivity contribution >= 4 is 41.2 Å². The molecule has 0 heterocycles. The molecular weight excluding hydrogens is 476 g/mol. The summed E-state index contributed by atoms with van der Waals surface area (Å²) in [6, 6.07) is 2.86. The number of aliphatic hydroxyl groups excluding tert-OH is 1. The number of nitrogens with two attached hydrogens (primary N) is 1. The number of benzene rings is 1. The minimum atomic E-state index is -1.29. The van der Waals surface area contributed by atoms with Crippen LogP contribution in [0.2, 0.25) is 0 Å². The van der Waals surface area contributed by atoms with Gasteiger partial charge in [-0.15, -0.1) is 11.8 Å². The Kier molecular flexibility index (Phi) is 12.3. The van der Waals surface area contributed by atoms with Crippen molar-refractivity contribution in [2.75, 3.05) is 25.5 Å². The van der Waals surface area contributed by atoms with Crippen LogP contribution in [0.5, 0.6) is 5.75 Å². The summed E-state index contributed by atoms with van der Waals surface area (Å²) in [7, 11) is 0. The first-order valence-corrected chi connectivity index (χ1v) is 10.9. The lowest BCUT2D eigenvalue weighted by atomic mass is 10.1. The molecule has 3 atom stereocenters. The first-order chi connectivity index (χ1) is 16.0. The van der Waals surface area contributed by atoms with Gasteiger partial charge in [0.2, 0.25) is 11.8 Å². The first kappa shape index (κ1) is 28.6. The molecule has 14 nitrogen and oxygen atoms in total. The Morgan fingerprint density at radius 3 is 2.35 bits per heavy atom. The van der Waals surface area contributed by atoms with E-state index in [0.717, 1.165) is 11.8 Å². The zero-order chi connectivity index (χ0) is 25.7. The van der Waals surface area contributed by atoms with Crippen LogP contribution < -0.4 is 21.1 Å². The zero-order valence-electron chi connectivity index (χ0n) is 17.9. The molecule has 188 valence electrons. The number of aliphatic carboxylic acids is 2. The second-order valence-electron chi connectivity index (χ2n) is 6.91. The number of aliphatic hydroxyl groups is 1. The fourth-order valence-corrected chi connectivity index (χ4v) is 3.35. The number of non-ortho nitro benzene ring substituents is 1. The molecule has 1 aromatic rings. The van der Waals surface area contributed by atoms with Gasteiger partial charge in [-0.05, 0) is 18.6 Å². The quantitative estimate of drug-likeness (QED) is 0.117. The number of nitro groups is 1. The van der Waals surface area contributed by atoms with Gasteiger partial charge >= 0.3 is 11.9 Å². The van der Waals surface area contributed by atoms with Crippen LogP contribution in [0.3, 0.4) is 0 Å². The number of carbonyl (C=O) groups is 4. The number of thioether (sulfide) groups is 1. The van der Waals surface area contributed by atoms with Gasteiger partial charge in [0.15, 0.2) is 0 Å². The number of carbonyl (C=O) groups excluding carboxylic acids is 2. The highest BCUT2D eigenvalue weighted by Crippen LogP contribution is 2.19. The smallest absolute Gasteiger partial charge is 0.322 e. The molecule has 0 aliphatic rings. The van der Waals surface area contributed by atoms with Gasteiger partial charge in [0.1, 0.15) is 31.0 Å². The lowest BCUT2D eigenvalue weighted by Crippen LogP contribution is -2.50. The van der Waals surface area contributed by atoms with Gasteiger partial charge in [0.05, 0.1) is 16.8 Å². The summed E-state index contributed by atoms with van der Waals surface area (Å²) in [5, 5.41) is 41.8. The van der Waals surface area contributed by atoms with E-state index >= 15 is 0 Å². The molecule has 0 bridgehead atoms. The number of hydrogen-bond donors (Lipinski definition) is 6. The predicted octanol–water partition coefficient (Wildman–Crippen LogP) is -1.05. The van der Waals surface area contributed by atoms with Crippen LogP contribution in [0.15, 0.2) is 24.3 Å². The lowest BCUT2D eigenvalue weighted by Gasteiger charge is -2.21. The van der Waals surface area contributed by atoms with Crippen LogP contribution in [0.4, 0.5) is 5.69 Å². The van der Waals surface area contributed by atoms with Gasteiger partial charge in [0.25, 0.3) is 5.69 Å². The molecule has 7 N–H and O–H groups in total. The van der Waals surface area contributed by atoms with Gasteiger partial charge < -0.3 is 36.4 Å². The minimum Gasteiger partial charge on any atom is -0.492 e. The van der Waals surface area contributed by atoms with E-state index in [4.69, 9.17) is 20.7 Å². The standard InChI is InChI=1S/C19H26N4O10S/c20-14(19(29)30)5-6-16(25)22-15(18(28)21-7-17(26)27)10-34-13(8-24)9-33-12-3-1-11(2-4-12)23(31)32/h1-4,13-15,24H,5-10,20H2,(H,21,28)(H,22,25)(H,26,27)(H,29,30)/t13-,14+,15+/m1/s1. The average molecular weight is 503 g/mol. The van der Waals surface area contributed by atoms with Crippen molar-refractivity contribution in [2.45, 2.75) is 30.2 Å². The molecule has 0 spiro atoms. The van der Waals surface area contributed by atoms with Crippen LogP contribution in [-0.2, 0) is 19.2 Å². The van der Waals surface area contributed by atoms with E-state index in [1.807, 2.05) is 0 Å².